The van der Waals surface area contributed by atoms with Crippen molar-refractivity contribution in [1.82, 2.24) is 0 Å². The van der Waals surface area contributed by atoms with Crippen LogP contribution in [-0.4, -0.2) is 18.1 Å². The van der Waals surface area contributed by atoms with E-state index in [-0.39, 0.29) is 28.3 Å². The molecule has 0 aliphatic carbocycles. The monoisotopic (exact) mass is 491 g/mol. The summed E-state index contributed by atoms with van der Waals surface area (Å²) < 4.78 is 11.7. The number of aryl methyl sites for hydroxylation is 1. The number of carbonyl (C=O) groups excluding carboxylic acids is 1. The number of nitrogens with zero attached hydrogens (tertiary/aromatic N) is 1. The number of aromatic hydroxyl groups is 1. The lowest BCUT2D eigenvalue weighted by Crippen LogP contribution is -2.29. The topological polar surface area (TPSA) is 80.0 Å². The summed E-state index contributed by atoms with van der Waals surface area (Å²) in [7, 11) is 1.44. The number of methoxy groups -OCH3 is 1. The smallest absolute Gasteiger partial charge is 0.295 e. The summed E-state index contributed by atoms with van der Waals surface area (Å²) in [6, 6.07) is 16.9. The third-order valence-electron chi connectivity index (χ3n) is 5.68. The summed E-state index contributed by atoms with van der Waals surface area (Å²) in [4.78, 5) is 28.7. The van der Waals surface area contributed by atoms with Crippen LogP contribution in [0.15, 0.2) is 74.3 Å². The summed E-state index contributed by atoms with van der Waals surface area (Å²) in [5, 5.41) is 10.7. The van der Waals surface area contributed by atoms with Gasteiger partial charge in [-0.25, -0.2) is 0 Å². The third kappa shape index (κ3) is 3.00. The molecule has 4 aromatic rings. The van der Waals surface area contributed by atoms with Crippen LogP contribution < -0.4 is 15.1 Å². The number of phenols is 1. The maximum absolute atomic E-state index is 13.6. The van der Waals surface area contributed by atoms with Crippen molar-refractivity contribution in [2.24, 2.45) is 0 Å². The summed E-state index contributed by atoms with van der Waals surface area (Å²) in [6.07, 6.45) is 0. The zero-order valence-electron chi connectivity index (χ0n) is 17.3. The zero-order chi connectivity index (χ0) is 22.6. The normalized spacial score (nSPS) is 15.3. The molecule has 160 valence electrons. The van der Waals surface area contributed by atoms with E-state index in [1.165, 1.54) is 7.11 Å². The Balaban J connectivity index is 1.83. The highest BCUT2D eigenvalue weighted by Crippen LogP contribution is 2.45. The molecule has 3 aromatic carbocycles. The van der Waals surface area contributed by atoms with Crippen molar-refractivity contribution in [2.75, 3.05) is 12.0 Å². The number of ether oxygens (including phenoxy) is 1. The molecule has 1 unspecified atom stereocenters. The Labute approximate surface area is 191 Å². The van der Waals surface area contributed by atoms with Crippen molar-refractivity contribution in [3.05, 3.63) is 97.8 Å². The number of carbonyl (C=O) groups is 1. The molecule has 1 atom stereocenters. The zero-order valence-corrected chi connectivity index (χ0v) is 18.8. The molecule has 2 heterocycles. The lowest BCUT2D eigenvalue weighted by molar-refractivity contribution is 0.0971. The van der Waals surface area contributed by atoms with E-state index in [0.717, 1.165) is 5.56 Å². The van der Waals surface area contributed by atoms with Gasteiger partial charge >= 0.3 is 0 Å². The predicted molar refractivity (Wildman–Crippen MR) is 125 cm³/mol. The fourth-order valence-corrected chi connectivity index (χ4v) is 4.57. The van der Waals surface area contributed by atoms with Crippen molar-refractivity contribution in [3.63, 3.8) is 0 Å². The second-order valence-electron chi connectivity index (χ2n) is 7.64. The molecule has 0 fully saturated rings. The van der Waals surface area contributed by atoms with Gasteiger partial charge in [0.25, 0.3) is 5.91 Å². The minimum absolute atomic E-state index is 0.0161. The first-order valence-electron chi connectivity index (χ1n) is 9.93. The fourth-order valence-electron chi connectivity index (χ4n) is 4.11. The lowest BCUT2D eigenvalue weighted by Gasteiger charge is -2.26. The van der Waals surface area contributed by atoms with E-state index in [2.05, 4.69) is 15.9 Å². The molecule has 1 aliphatic rings. The highest BCUT2D eigenvalue weighted by Gasteiger charge is 2.44. The molecule has 0 saturated heterocycles. The number of fused-ring (bicyclic) bond motifs is 2. The second-order valence-corrected chi connectivity index (χ2v) is 8.49. The minimum Gasteiger partial charge on any atom is -0.503 e. The maximum atomic E-state index is 13.6. The van der Waals surface area contributed by atoms with Gasteiger partial charge in [-0.05, 0) is 64.8 Å². The number of hydrogen-bond donors (Lipinski definition) is 1. The minimum atomic E-state index is -0.758. The fraction of sp³-hybridized carbons (Fsp3) is 0.120. The first-order chi connectivity index (χ1) is 15.4. The molecule has 0 bridgehead atoms. The molecule has 0 radical (unpaired) electrons. The van der Waals surface area contributed by atoms with Gasteiger partial charge in [0, 0.05) is 5.69 Å². The molecule has 1 amide bonds. The van der Waals surface area contributed by atoms with Gasteiger partial charge in [0.2, 0.25) is 5.76 Å². The highest BCUT2D eigenvalue weighted by atomic mass is 79.9. The quantitative estimate of drug-likeness (QED) is 0.419. The van der Waals surface area contributed by atoms with Gasteiger partial charge in [-0.15, -0.1) is 0 Å². The Morgan fingerprint density at radius 1 is 1.06 bits per heavy atom. The van der Waals surface area contributed by atoms with E-state index in [9.17, 15) is 14.7 Å². The number of amides is 1. The first-order valence-corrected chi connectivity index (χ1v) is 10.7. The second kappa shape index (κ2) is 7.53. The molecular weight excluding hydrogens is 474 g/mol. The van der Waals surface area contributed by atoms with E-state index in [4.69, 9.17) is 9.15 Å². The molecule has 32 heavy (non-hydrogen) atoms. The molecule has 1 N–H and O–H groups in total. The standard InChI is InChI=1S/C25H18BrNO5/c1-13-7-9-15(10-8-13)27-21(14-11-17(26)23(29)19(12-14)31-2)20-22(28)16-5-3-4-6-18(16)32-24(20)25(27)30/h3-12,21,29H,1-2H3. The largest absolute Gasteiger partial charge is 0.503 e. The average molecular weight is 492 g/mol. The number of hydrogen-bond acceptors (Lipinski definition) is 5. The van der Waals surface area contributed by atoms with Crippen molar-refractivity contribution in [2.45, 2.75) is 13.0 Å². The SMILES string of the molecule is COc1cc(C2c3c(oc4ccccc4c3=O)C(=O)N2c2ccc(C)cc2)cc(Br)c1O. The summed E-state index contributed by atoms with van der Waals surface area (Å²) in [5.41, 5.74) is 2.62. The van der Waals surface area contributed by atoms with E-state index in [1.807, 2.05) is 31.2 Å². The van der Waals surface area contributed by atoms with Crippen LogP contribution in [0.5, 0.6) is 11.5 Å². The molecule has 6 nitrogen and oxygen atoms in total. The number of benzene rings is 3. The van der Waals surface area contributed by atoms with Crippen molar-refractivity contribution >= 4 is 38.5 Å². The van der Waals surface area contributed by atoms with Gasteiger partial charge < -0.3 is 14.3 Å². The van der Waals surface area contributed by atoms with Crippen LogP contribution in [0, 0.1) is 6.92 Å². The summed E-state index contributed by atoms with van der Waals surface area (Å²) >= 11 is 3.35. The van der Waals surface area contributed by atoms with Crippen molar-refractivity contribution in [3.8, 4) is 11.5 Å². The molecule has 7 heteroatoms. The molecular formula is C25H18BrNO5. The summed E-state index contributed by atoms with van der Waals surface area (Å²) in [6.45, 7) is 1.96. The number of anilines is 1. The highest BCUT2D eigenvalue weighted by molar-refractivity contribution is 9.10. The average Bonchev–Trinajstić information content (AvgIpc) is 3.09. The maximum Gasteiger partial charge on any atom is 0.295 e. The van der Waals surface area contributed by atoms with E-state index in [0.29, 0.717) is 26.7 Å². The third-order valence-corrected chi connectivity index (χ3v) is 6.28. The summed E-state index contributed by atoms with van der Waals surface area (Å²) in [5.74, 6) is -0.222. The van der Waals surface area contributed by atoms with Crippen LogP contribution in [0.4, 0.5) is 5.69 Å². The predicted octanol–water partition coefficient (Wildman–Crippen LogP) is 5.33. The van der Waals surface area contributed by atoms with Crippen molar-refractivity contribution < 1.29 is 19.1 Å². The Kier molecular flexibility index (Phi) is 4.78. The van der Waals surface area contributed by atoms with Gasteiger partial charge in [0.15, 0.2) is 16.9 Å². The van der Waals surface area contributed by atoms with E-state index >= 15 is 0 Å². The Bertz CT molecular complexity index is 1440. The van der Waals surface area contributed by atoms with Gasteiger partial charge in [0.1, 0.15) is 5.58 Å². The van der Waals surface area contributed by atoms with E-state index < -0.39 is 11.9 Å². The Hall–Kier alpha value is -3.58. The van der Waals surface area contributed by atoms with Gasteiger partial charge in [-0.1, -0.05) is 29.8 Å². The van der Waals surface area contributed by atoms with E-state index in [1.54, 1.807) is 41.3 Å². The lowest BCUT2D eigenvalue weighted by atomic mass is 9.97. The Morgan fingerprint density at radius 3 is 2.50 bits per heavy atom. The molecule has 5 rings (SSSR count). The van der Waals surface area contributed by atoms with Crippen LogP contribution in [0.2, 0.25) is 0 Å². The van der Waals surface area contributed by atoms with Gasteiger partial charge in [-0.3, -0.25) is 14.5 Å². The Morgan fingerprint density at radius 2 is 1.78 bits per heavy atom. The molecule has 1 aromatic heterocycles. The van der Waals surface area contributed by atoms with Gasteiger partial charge in [0.05, 0.1) is 28.6 Å². The van der Waals surface area contributed by atoms with Crippen LogP contribution in [0.1, 0.15) is 33.3 Å². The van der Waals surface area contributed by atoms with Crippen molar-refractivity contribution in [1.29, 1.82) is 0 Å². The number of para-hydroxylation sites is 1. The number of phenolic OH excluding ortho intramolecular Hbond substituents is 1. The van der Waals surface area contributed by atoms with Crippen LogP contribution in [-0.2, 0) is 0 Å². The number of halogens is 1. The molecule has 1 aliphatic heterocycles. The molecule has 0 spiro atoms. The van der Waals surface area contributed by atoms with Crippen LogP contribution in [0.25, 0.3) is 11.0 Å². The first kappa shape index (κ1) is 20.3. The van der Waals surface area contributed by atoms with Crippen LogP contribution >= 0.6 is 15.9 Å². The van der Waals surface area contributed by atoms with Crippen LogP contribution in [0.3, 0.4) is 0 Å². The molecule has 0 saturated carbocycles. The number of rotatable bonds is 3. The van der Waals surface area contributed by atoms with Gasteiger partial charge in [-0.2, -0.15) is 0 Å².